The molecule has 0 bridgehead atoms. The molecule has 0 saturated heterocycles. The van der Waals surface area contributed by atoms with Gasteiger partial charge in [-0.05, 0) is 81.0 Å². The van der Waals surface area contributed by atoms with Gasteiger partial charge in [-0.1, -0.05) is 72.6 Å². The van der Waals surface area contributed by atoms with Gasteiger partial charge in [0.15, 0.2) is 0 Å². The van der Waals surface area contributed by atoms with Crippen molar-refractivity contribution in [1.29, 1.82) is 0 Å². The van der Waals surface area contributed by atoms with Gasteiger partial charge in [0.05, 0.1) is 14.2 Å². The lowest BCUT2D eigenvalue weighted by atomic mass is 9.90. The van der Waals surface area contributed by atoms with Crippen molar-refractivity contribution in [3.8, 4) is 11.5 Å². The van der Waals surface area contributed by atoms with E-state index in [4.69, 9.17) is 14.2 Å². The number of rotatable bonds is 16. The summed E-state index contributed by atoms with van der Waals surface area (Å²) in [6.07, 6.45) is 10.6. The minimum Gasteiger partial charge on any atom is -0.496 e. The van der Waals surface area contributed by atoms with E-state index in [1.54, 1.807) is 7.11 Å². The maximum absolute atomic E-state index is 12.7. The molecule has 0 aliphatic rings. The Morgan fingerprint density at radius 2 is 1.38 bits per heavy atom. The highest BCUT2D eigenvalue weighted by Crippen LogP contribution is 2.36. The van der Waals surface area contributed by atoms with E-state index < -0.39 is 5.60 Å². The topological polar surface area (TPSA) is 44.8 Å². The van der Waals surface area contributed by atoms with E-state index in [2.05, 4.69) is 27.7 Å². The zero-order valence-corrected chi connectivity index (χ0v) is 23.8. The van der Waals surface area contributed by atoms with Crippen LogP contribution in [0, 0.1) is 38.5 Å². The van der Waals surface area contributed by atoms with Crippen LogP contribution in [-0.4, -0.2) is 25.8 Å². The fourth-order valence-corrected chi connectivity index (χ4v) is 4.86. The highest BCUT2D eigenvalue weighted by molar-refractivity contribution is 5.79. The Hall–Kier alpha value is -1.71. The summed E-state index contributed by atoms with van der Waals surface area (Å²) in [5.74, 6) is 3.56. The molecular formula is C30H52O4. The van der Waals surface area contributed by atoms with Gasteiger partial charge in [-0.15, -0.1) is 0 Å². The smallest absolute Gasteiger partial charge is 0.349 e. The maximum atomic E-state index is 12.7. The first kappa shape index (κ1) is 30.3. The molecule has 1 aromatic carbocycles. The Bertz CT molecular complexity index is 755. The first-order valence-corrected chi connectivity index (χ1v) is 13.4. The summed E-state index contributed by atoms with van der Waals surface area (Å²) in [4.78, 5) is 12.7. The van der Waals surface area contributed by atoms with Gasteiger partial charge in [-0.2, -0.15) is 0 Å². The lowest BCUT2D eigenvalue weighted by molar-refractivity contribution is -0.158. The van der Waals surface area contributed by atoms with Crippen molar-refractivity contribution in [2.24, 2.45) is 17.8 Å². The van der Waals surface area contributed by atoms with Crippen molar-refractivity contribution in [3.05, 3.63) is 22.8 Å². The Kier molecular flexibility index (Phi) is 13.1. The summed E-state index contributed by atoms with van der Waals surface area (Å²) < 4.78 is 17.0. The molecule has 1 aromatic rings. The number of aryl methyl sites for hydroxylation is 1. The number of benzene rings is 1. The molecule has 196 valence electrons. The number of hydrogen-bond donors (Lipinski definition) is 0. The van der Waals surface area contributed by atoms with E-state index in [0.29, 0.717) is 12.3 Å². The first-order valence-electron chi connectivity index (χ1n) is 13.4. The van der Waals surface area contributed by atoms with Gasteiger partial charge in [-0.3, -0.25) is 0 Å². The predicted molar refractivity (Wildman–Crippen MR) is 143 cm³/mol. The van der Waals surface area contributed by atoms with Crippen molar-refractivity contribution in [2.45, 2.75) is 119 Å². The molecule has 0 heterocycles. The van der Waals surface area contributed by atoms with Crippen LogP contribution in [0.25, 0.3) is 0 Å². The monoisotopic (exact) mass is 476 g/mol. The number of carbonyl (C=O) groups excluding carboxylic acids is 1. The van der Waals surface area contributed by atoms with Crippen LogP contribution in [0.4, 0.5) is 0 Å². The summed E-state index contributed by atoms with van der Waals surface area (Å²) in [6.45, 7) is 17.2. The summed E-state index contributed by atoms with van der Waals surface area (Å²) in [7, 11) is 3.12. The first-order chi connectivity index (χ1) is 15.9. The Morgan fingerprint density at radius 3 is 1.88 bits per heavy atom. The summed E-state index contributed by atoms with van der Waals surface area (Å²) >= 11 is 0. The summed E-state index contributed by atoms with van der Waals surface area (Å²) in [6, 6.07) is 1.97. The fraction of sp³-hybridized carbons (Fsp3) is 0.767. The van der Waals surface area contributed by atoms with Crippen molar-refractivity contribution in [1.82, 2.24) is 0 Å². The molecular weight excluding hydrogens is 424 g/mol. The summed E-state index contributed by atoms with van der Waals surface area (Å²) in [5, 5.41) is 0. The number of methoxy groups -OCH3 is 2. The van der Waals surface area contributed by atoms with Gasteiger partial charge < -0.3 is 14.2 Å². The van der Waals surface area contributed by atoms with Crippen molar-refractivity contribution in [3.63, 3.8) is 0 Å². The van der Waals surface area contributed by atoms with E-state index in [1.807, 2.05) is 33.8 Å². The maximum Gasteiger partial charge on any atom is 0.349 e. The molecule has 0 fully saturated rings. The average molecular weight is 477 g/mol. The van der Waals surface area contributed by atoms with Crippen LogP contribution in [0.2, 0.25) is 0 Å². The van der Waals surface area contributed by atoms with Crippen LogP contribution in [0.3, 0.4) is 0 Å². The van der Waals surface area contributed by atoms with E-state index >= 15 is 0 Å². The molecule has 0 aliphatic carbocycles. The highest BCUT2D eigenvalue weighted by atomic mass is 16.6. The average Bonchev–Trinajstić information content (AvgIpc) is 2.76. The van der Waals surface area contributed by atoms with Gasteiger partial charge >= 0.3 is 5.97 Å². The van der Waals surface area contributed by atoms with Gasteiger partial charge in [0.1, 0.15) is 11.5 Å². The van der Waals surface area contributed by atoms with E-state index in [-0.39, 0.29) is 5.97 Å². The minimum atomic E-state index is -1.00. The van der Waals surface area contributed by atoms with E-state index in [0.717, 1.165) is 52.9 Å². The molecule has 0 aliphatic heterocycles. The van der Waals surface area contributed by atoms with Crippen molar-refractivity contribution < 1.29 is 19.0 Å². The van der Waals surface area contributed by atoms with Gasteiger partial charge in [0.25, 0.3) is 0 Å². The van der Waals surface area contributed by atoms with Crippen LogP contribution < -0.4 is 9.47 Å². The molecule has 1 rings (SSSR count). The molecule has 0 unspecified atom stereocenters. The fourth-order valence-electron chi connectivity index (χ4n) is 4.86. The summed E-state index contributed by atoms with van der Waals surface area (Å²) in [5.41, 5.74) is 2.03. The molecule has 0 radical (unpaired) electrons. The second-order valence-electron chi connectivity index (χ2n) is 11.2. The van der Waals surface area contributed by atoms with Crippen molar-refractivity contribution >= 4 is 5.97 Å². The standard InChI is InChI=1S/C30H52O4/c1-21(2)14-11-15-22(3)16-12-17-23(4)18-13-19-30(8,29(31)33-10)34-27-20-24(5)28(32-9)26(7)25(27)6/h20-23H,11-19H2,1-10H3/t22-,23-,30-/m1/s1. The van der Waals surface area contributed by atoms with Gasteiger partial charge in [0, 0.05) is 0 Å². The number of esters is 1. The van der Waals surface area contributed by atoms with Crippen LogP contribution in [0.15, 0.2) is 6.07 Å². The Balaban J connectivity index is 2.62. The molecule has 0 saturated carbocycles. The minimum absolute atomic E-state index is 0.319. The zero-order chi connectivity index (χ0) is 25.9. The molecule has 0 amide bonds. The van der Waals surface area contributed by atoms with Crippen LogP contribution in [0.1, 0.15) is 109 Å². The largest absolute Gasteiger partial charge is 0.496 e. The number of ether oxygens (including phenoxy) is 3. The Morgan fingerprint density at radius 1 is 0.853 bits per heavy atom. The molecule has 34 heavy (non-hydrogen) atoms. The molecule has 0 N–H and O–H groups in total. The van der Waals surface area contributed by atoms with Gasteiger partial charge in [-0.25, -0.2) is 4.79 Å². The SMILES string of the molecule is COC(=O)[C@@](C)(CCC[C@H](C)CCC[C@H](C)CCCC(C)C)Oc1cc(C)c(OC)c(C)c1C. The molecule has 3 atom stereocenters. The molecule has 0 aromatic heterocycles. The third-order valence-corrected chi connectivity index (χ3v) is 7.36. The van der Waals surface area contributed by atoms with E-state index in [9.17, 15) is 4.79 Å². The predicted octanol–water partition coefficient (Wildman–Crippen LogP) is 8.37. The van der Waals surface area contributed by atoms with E-state index in [1.165, 1.54) is 45.6 Å². The Labute approximate surface area is 210 Å². The lowest BCUT2D eigenvalue weighted by Crippen LogP contribution is -2.42. The second kappa shape index (κ2) is 14.6. The third kappa shape index (κ3) is 9.50. The third-order valence-electron chi connectivity index (χ3n) is 7.36. The zero-order valence-electron chi connectivity index (χ0n) is 23.8. The number of hydrogen-bond acceptors (Lipinski definition) is 4. The van der Waals surface area contributed by atoms with Crippen LogP contribution >= 0.6 is 0 Å². The molecule has 4 nitrogen and oxygen atoms in total. The number of carbonyl (C=O) groups is 1. The van der Waals surface area contributed by atoms with Gasteiger partial charge in [0.2, 0.25) is 5.60 Å². The second-order valence-corrected chi connectivity index (χ2v) is 11.2. The quantitative estimate of drug-likeness (QED) is 0.225. The highest BCUT2D eigenvalue weighted by Gasteiger charge is 2.37. The lowest BCUT2D eigenvalue weighted by Gasteiger charge is -2.30. The van der Waals surface area contributed by atoms with Crippen LogP contribution in [-0.2, 0) is 9.53 Å². The van der Waals surface area contributed by atoms with Crippen molar-refractivity contribution in [2.75, 3.05) is 14.2 Å². The molecule has 4 heteroatoms. The van der Waals surface area contributed by atoms with Crippen LogP contribution in [0.5, 0.6) is 11.5 Å². The normalized spacial score (nSPS) is 15.0. The molecule has 0 spiro atoms.